The SMILES string of the molecule is CCNC(c1cc(Br)ccc1I)C(C)(C)C. The summed E-state index contributed by atoms with van der Waals surface area (Å²) in [4.78, 5) is 0. The Morgan fingerprint density at radius 3 is 2.50 bits per heavy atom. The van der Waals surface area contributed by atoms with E-state index in [-0.39, 0.29) is 5.41 Å². The molecule has 0 aliphatic heterocycles. The second-order valence-electron chi connectivity index (χ2n) is 5.02. The zero-order chi connectivity index (χ0) is 12.3. The molecule has 1 atom stereocenters. The minimum atomic E-state index is 0.219. The smallest absolute Gasteiger partial charge is 0.0380 e. The van der Waals surface area contributed by atoms with E-state index in [9.17, 15) is 0 Å². The lowest BCUT2D eigenvalue weighted by atomic mass is 9.82. The van der Waals surface area contributed by atoms with Crippen LogP contribution in [0.1, 0.15) is 39.3 Å². The number of nitrogens with one attached hydrogen (secondary N) is 1. The fraction of sp³-hybridized carbons (Fsp3) is 0.538. The van der Waals surface area contributed by atoms with E-state index in [4.69, 9.17) is 0 Å². The van der Waals surface area contributed by atoms with Gasteiger partial charge in [-0.25, -0.2) is 0 Å². The van der Waals surface area contributed by atoms with Gasteiger partial charge in [-0.3, -0.25) is 0 Å². The van der Waals surface area contributed by atoms with E-state index in [0.717, 1.165) is 11.0 Å². The highest BCUT2D eigenvalue weighted by atomic mass is 127. The molecule has 1 rings (SSSR count). The van der Waals surface area contributed by atoms with Crippen LogP contribution in [0.4, 0.5) is 0 Å². The van der Waals surface area contributed by atoms with Gasteiger partial charge < -0.3 is 5.32 Å². The van der Waals surface area contributed by atoms with Crippen LogP contribution in [0.2, 0.25) is 0 Å². The van der Waals surface area contributed by atoms with Crippen LogP contribution in [0, 0.1) is 8.99 Å². The second-order valence-corrected chi connectivity index (χ2v) is 7.10. The maximum Gasteiger partial charge on any atom is 0.0380 e. The van der Waals surface area contributed by atoms with Gasteiger partial charge in [-0.1, -0.05) is 43.6 Å². The van der Waals surface area contributed by atoms with E-state index in [1.54, 1.807) is 0 Å². The average molecular weight is 396 g/mol. The number of benzene rings is 1. The highest BCUT2D eigenvalue weighted by molar-refractivity contribution is 14.1. The summed E-state index contributed by atoms with van der Waals surface area (Å²) in [5.74, 6) is 0. The Hall–Kier alpha value is 0.390. The van der Waals surface area contributed by atoms with Crippen molar-refractivity contribution in [2.24, 2.45) is 5.41 Å². The van der Waals surface area contributed by atoms with E-state index in [2.05, 4.69) is 89.7 Å². The van der Waals surface area contributed by atoms with Crippen molar-refractivity contribution in [1.29, 1.82) is 0 Å². The van der Waals surface area contributed by atoms with Crippen LogP contribution < -0.4 is 5.32 Å². The van der Waals surface area contributed by atoms with E-state index in [1.807, 2.05) is 0 Å². The predicted molar refractivity (Wildman–Crippen MR) is 82.7 cm³/mol. The first-order valence-electron chi connectivity index (χ1n) is 5.54. The highest BCUT2D eigenvalue weighted by Gasteiger charge is 2.26. The summed E-state index contributed by atoms with van der Waals surface area (Å²) in [6.45, 7) is 9.97. The van der Waals surface area contributed by atoms with Gasteiger partial charge in [-0.15, -0.1) is 0 Å². The Morgan fingerprint density at radius 1 is 1.38 bits per heavy atom. The van der Waals surface area contributed by atoms with Gasteiger partial charge >= 0.3 is 0 Å². The van der Waals surface area contributed by atoms with Gasteiger partial charge in [0.15, 0.2) is 0 Å². The molecule has 0 aromatic heterocycles. The molecule has 1 unspecified atom stereocenters. The monoisotopic (exact) mass is 395 g/mol. The molecule has 16 heavy (non-hydrogen) atoms. The third kappa shape index (κ3) is 3.70. The van der Waals surface area contributed by atoms with Gasteiger partial charge in [0, 0.05) is 14.1 Å². The lowest BCUT2D eigenvalue weighted by Gasteiger charge is -2.32. The van der Waals surface area contributed by atoms with Gasteiger partial charge in [0.25, 0.3) is 0 Å². The van der Waals surface area contributed by atoms with Crippen molar-refractivity contribution in [2.45, 2.75) is 33.7 Å². The Labute approximate surface area is 121 Å². The quantitative estimate of drug-likeness (QED) is 0.728. The molecule has 1 N–H and O–H groups in total. The summed E-state index contributed by atoms with van der Waals surface area (Å²) in [7, 11) is 0. The van der Waals surface area contributed by atoms with Gasteiger partial charge in [0.05, 0.1) is 0 Å². The molecule has 0 amide bonds. The van der Waals surface area contributed by atoms with Crippen LogP contribution >= 0.6 is 38.5 Å². The van der Waals surface area contributed by atoms with Crippen molar-refractivity contribution >= 4 is 38.5 Å². The topological polar surface area (TPSA) is 12.0 Å². The van der Waals surface area contributed by atoms with Crippen LogP contribution in [0.15, 0.2) is 22.7 Å². The lowest BCUT2D eigenvalue weighted by Crippen LogP contribution is -2.32. The minimum absolute atomic E-state index is 0.219. The molecule has 0 bridgehead atoms. The summed E-state index contributed by atoms with van der Waals surface area (Å²) in [5, 5.41) is 3.58. The largest absolute Gasteiger partial charge is 0.310 e. The van der Waals surface area contributed by atoms with E-state index in [1.165, 1.54) is 9.13 Å². The summed E-state index contributed by atoms with van der Waals surface area (Å²) < 4.78 is 2.47. The van der Waals surface area contributed by atoms with Crippen LogP contribution in [-0.2, 0) is 0 Å². The average Bonchev–Trinajstić information content (AvgIpc) is 2.17. The number of hydrogen-bond donors (Lipinski definition) is 1. The third-order valence-corrected chi connectivity index (χ3v) is 4.02. The Bertz CT molecular complexity index is 357. The number of halogens is 2. The Balaban J connectivity index is 3.15. The molecular weight excluding hydrogens is 377 g/mol. The van der Waals surface area contributed by atoms with Crippen molar-refractivity contribution in [3.8, 4) is 0 Å². The van der Waals surface area contributed by atoms with E-state index in [0.29, 0.717) is 6.04 Å². The van der Waals surface area contributed by atoms with Crippen LogP contribution in [0.25, 0.3) is 0 Å². The van der Waals surface area contributed by atoms with Crippen molar-refractivity contribution in [2.75, 3.05) is 6.54 Å². The standard InChI is InChI=1S/C13H19BrIN/c1-5-16-12(13(2,3)4)10-8-9(14)6-7-11(10)15/h6-8,12,16H,5H2,1-4H3. The summed E-state index contributed by atoms with van der Waals surface area (Å²) >= 11 is 5.96. The summed E-state index contributed by atoms with van der Waals surface area (Å²) in [6, 6.07) is 6.87. The molecule has 1 aromatic carbocycles. The Morgan fingerprint density at radius 2 is 2.00 bits per heavy atom. The molecule has 3 heteroatoms. The van der Waals surface area contributed by atoms with Gasteiger partial charge in [0.2, 0.25) is 0 Å². The molecule has 1 nitrogen and oxygen atoms in total. The zero-order valence-electron chi connectivity index (χ0n) is 10.3. The first-order chi connectivity index (χ1) is 7.36. The van der Waals surface area contributed by atoms with Crippen molar-refractivity contribution < 1.29 is 0 Å². The molecule has 0 saturated heterocycles. The van der Waals surface area contributed by atoms with Gasteiger partial charge in [-0.05, 0) is 58.3 Å². The third-order valence-electron chi connectivity index (χ3n) is 2.54. The molecule has 1 aromatic rings. The van der Waals surface area contributed by atoms with Crippen molar-refractivity contribution in [1.82, 2.24) is 5.32 Å². The molecule has 0 aliphatic rings. The molecule has 0 spiro atoms. The molecular formula is C13H19BrIN. The maximum absolute atomic E-state index is 3.58. The molecule has 0 fully saturated rings. The van der Waals surface area contributed by atoms with Gasteiger partial charge in [0.1, 0.15) is 0 Å². The maximum atomic E-state index is 3.58. The summed E-state index contributed by atoms with van der Waals surface area (Å²) in [6.07, 6.45) is 0. The fourth-order valence-corrected chi connectivity index (χ4v) is 2.85. The van der Waals surface area contributed by atoms with E-state index < -0.39 is 0 Å². The molecule has 0 aliphatic carbocycles. The second kappa shape index (κ2) is 5.83. The summed E-state index contributed by atoms with van der Waals surface area (Å²) in [5.41, 5.74) is 1.60. The normalized spacial score (nSPS) is 13.9. The van der Waals surface area contributed by atoms with Crippen LogP contribution in [-0.4, -0.2) is 6.54 Å². The molecule has 0 saturated carbocycles. The first-order valence-corrected chi connectivity index (χ1v) is 7.41. The first kappa shape index (κ1) is 14.5. The minimum Gasteiger partial charge on any atom is -0.310 e. The van der Waals surface area contributed by atoms with Crippen LogP contribution in [0.5, 0.6) is 0 Å². The molecule has 0 heterocycles. The fourth-order valence-electron chi connectivity index (χ4n) is 1.82. The predicted octanol–water partition coefficient (Wildman–Crippen LogP) is 4.75. The van der Waals surface area contributed by atoms with Gasteiger partial charge in [-0.2, -0.15) is 0 Å². The number of hydrogen-bond acceptors (Lipinski definition) is 1. The number of rotatable bonds is 3. The molecule has 0 radical (unpaired) electrons. The zero-order valence-corrected chi connectivity index (χ0v) is 14.0. The van der Waals surface area contributed by atoms with E-state index >= 15 is 0 Å². The highest BCUT2D eigenvalue weighted by Crippen LogP contribution is 2.36. The molecule has 90 valence electrons. The Kier molecular flexibility index (Phi) is 5.26. The lowest BCUT2D eigenvalue weighted by molar-refractivity contribution is 0.276. The van der Waals surface area contributed by atoms with Crippen LogP contribution in [0.3, 0.4) is 0 Å². The van der Waals surface area contributed by atoms with Crippen molar-refractivity contribution in [3.63, 3.8) is 0 Å². The van der Waals surface area contributed by atoms with Crippen molar-refractivity contribution in [3.05, 3.63) is 31.8 Å².